The molecule has 0 atom stereocenters. The first-order chi connectivity index (χ1) is 13.8. The van der Waals surface area contributed by atoms with Crippen LogP contribution in [0.15, 0.2) is 29.6 Å². The van der Waals surface area contributed by atoms with E-state index in [4.69, 9.17) is 4.74 Å². The number of nitrogens with zero attached hydrogens (tertiary/aromatic N) is 3. The Labute approximate surface area is 165 Å². The molecule has 0 unspecified atom stereocenters. The maximum atomic E-state index is 12.7. The van der Waals surface area contributed by atoms with Crippen molar-refractivity contribution in [3.63, 3.8) is 0 Å². The molecule has 1 saturated heterocycles. The fourth-order valence-corrected chi connectivity index (χ4v) is 3.18. The van der Waals surface area contributed by atoms with Crippen molar-refractivity contribution in [3.05, 3.63) is 35.2 Å². The molecule has 0 spiro atoms. The monoisotopic (exact) mass is 413 g/mol. The fraction of sp³-hybridized carbons (Fsp3) is 0.500. The Balaban J connectivity index is 1.61. The average molecular weight is 413 g/mol. The Kier molecular flexibility index (Phi) is 6.26. The van der Waals surface area contributed by atoms with Gasteiger partial charge in [0.15, 0.2) is 0 Å². The third-order valence-electron chi connectivity index (χ3n) is 4.73. The van der Waals surface area contributed by atoms with Gasteiger partial charge in [-0.3, -0.25) is 4.90 Å². The third-order valence-corrected chi connectivity index (χ3v) is 4.73. The second-order valence-corrected chi connectivity index (χ2v) is 6.65. The van der Waals surface area contributed by atoms with Gasteiger partial charge in [-0.25, -0.2) is 14.6 Å². The molecule has 0 aromatic carbocycles. The summed E-state index contributed by atoms with van der Waals surface area (Å²) in [5.41, 5.74) is 0.117. The van der Waals surface area contributed by atoms with Crippen molar-refractivity contribution in [1.29, 1.82) is 0 Å². The number of esters is 1. The number of amides is 2. The minimum atomic E-state index is -4.41. The number of aromatic nitrogens is 1. The number of hydrogen-bond donors (Lipinski definition) is 2. The van der Waals surface area contributed by atoms with Crippen LogP contribution in [0.4, 0.5) is 23.8 Å². The molecule has 0 bridgehead atoms. The molecule has 3 rings (SSSR count). The molecule has 2 N–H and O–H groups in total. The van der Waals surface area contributed by atoms with Crippen molar-refractivity contribution in [1.82, 2.24) is 20.5 Å². The van der Waals surface area contributed by atoms with E-state index in [-0.39, 0.29) is 19.2 Å². The summed E-state index contributed by atoms with van der Waals surface area (Å²) < 4.78 is 43.0. The smallest absolute Gasteiger partial charge is 0.417 e. The topological polar surface area (TPSA) is 86.8 Å². The van der Waals surface area contributed by atoms with Gasteiger partial charge in [0.1, 0.15) is 5.82 Å². The highest BCUT2D eigenvalue weighted by Gasteiger charge is 2.31. The molecule has 29 heavy (non-hydrogen) atoms. The first-order valence-corrected chi connectivity index (χ1v) is 9.22. The molecular weight excluding hydrogens is 391 g/mol. The molecule has 0 aliphatic carbocycles. The van der Waals surface area contributed by atoms with Crippen LogP contribution >= 0.6 is 0 Å². The van der Waals surface area contributed by atoms with E-state index >= 15 is 0 Å². The zero-order chi connectivity index (χ0) is 21.0. The van der Waals surface area contributed by atoms with Gasteiger partial charge in [-0.15, -0.1) is 0 Å². The molecule has 2 aliphatic rings. The van der Waals surface area contributed by atoms with Crippen LogP contribution < -0.4 is 15.5 Å². The molecule has 1 aromatic rings. The molecule has 11 heteroatoms. The summed E-state index contributed by atoms with van der Waals surface area (Å²) in [6.45, 7) is 4.76. The molecule has 3 heterocycles. The van der Waals surface area contributed by atoms with Crippen molar-refractivity contribution in [2.24, 2.45) is 0 Å². The number of carbonyl (C=O) groups is 2. The highest BCUT2D eigenvalue weighted by atomic mass is 19.4. The van der Waals surface area contributed by atoms with E-state index in [9.17, 15) is 22.8 Å². The van der Waals surface area contributed by atoms with Gasteiger partial charge in [0.2, 0.25) is 0 Å². The summed E-state index contributed by atoms with van der Waals surface area (Å²) in [6.07, 6.45) is -3.57. The Morgan fingerprint density at radius 1 is 1.24 bits per heavy atom. The van der Waals surface area contributed by atoms with Gasteiger partial charge in [0.05, 0.1) is 24.3 Å². The lowest BCUT2D eigenvalue weighted by atomic mass is 10.1. The SMILES string of the molecule is CCOC(=O)C1=C(CN2CCN(c3ccc(C(F)(F)F)cn3)CC2)NC(=O)NC1. The normalized spacial score (nSPS) is 18.3. The van der Waals surface area contributed by atoms with Crippen LogP contribution in [-0.2, 0) is 15.7 Å². The Morgan fingerprint density at radius 2 is 1.97 bits per heavy atom. The average Bonchev–Trinajstić information content (AvgIpc) is 2.68. The summed E-state index contributed by atoms with van der Waals surface area (Å²) in [6, 6.07) is 2.02. The van der Waals surface area contributed by atoms with Crippen LogP contribution in [0.1, 0.15) is 12.5 Å². The number of nitrogens with one attached hydrogen (secondary N) is 2. The van der Waals surface area contributed by atoms with E-state index in [1.54, 1.807) is 6.92 Å². The van der Waals surface area contributed by atoms with Gasteiger partial charge in [0.25, 0.3) is 0 Å². The Hall–Kier alpha value is -2.82. The first kappa shape index (κ1) is 20.9. The minimum absolute atomic E-state index is 0.107. The lowest BCUT2D eigenvalue weighted by molar-refractivity contribution is -0.139. The number of ether oxygens (including phenoxy) is 1. The molecule has 0 saturated carbocycles. The lowest BCUT2D eigenvalue weighted by Gasteiger charge is -2.36. The van der Waals surface area contributed by atoms with Crippen molar-refractivity contribution in [2.75, 3.05) is 50.8 Å². The molecule has 158 valence electrons. The van der Waals surface area contributed by atoms with E-state index in [0.29, 0.717) is 49.8 Å². The number of piperazine rings is 1. The van der Waals surface area contributed by atoms with Gasteiger partial charge in [0, 0.05) is 44.6 Å². The maximum absolute atomic E-state index is 12.7. The number of rotatable bonds is 5. The van der Waals surface area contributed by atoms with E-state index in [1.807, 2.05) is 4.90 Å². The summed E-state index contributed by atoms with van der Waals surface area (Å²) in [7, 11) is 0. The van der Waals surface area contributed by atoms with Gasteiger partial charge >= 0.3 is 18.2 Å². The summed E-state index contributed by atoms with van der Waals surface area (Å²) in [5.74, 6) is 0.0156. The van der Waals surface area contributed by atoms with Gasteiger partial charge in [-0.05, 0) is 19.1 Å². The predicted octanol–water partition coefficient (Wildman–Crippen LogP) is 1.35. The largest absolute Gasteiger partial charge is 0.463 e. The van der Waals surface area contributed by atoms with E-state index in [1.165, 1.54) is 6.07 Å². The summed E-state index contributed by atoms with van der Waals surface area (Å²) in [4.78, 5) is 31.6. The second kappa shape index (κ2) is 8.68. The van der Waals surface area contributed by atoms with Gasteiger partial charge in [-0.1, -0.05) is 0 Å². The van der Waals surface area contributed by atoms with Crippen molar-refractivity contribution in [3.8, 4) is 0 Å². The Morgan fingerprint density at radius 3 is 2.55 bits per heavy atom. The van der Waals surface area contributed by atoms with Crippen LogP contribution in [0, 0.1) is 0 Å². The van der Waals surface area contributed by atoms with Crippen LogP contribution in [0.2, 0.25) is 0 Å². The predicted molar refractivity (Wildman–Crippen MR) is 98.1 cm³/mol. The summed E-state index contributed by atoms with van der Waals surface area (Å²) >= 11 is 0. The number of alkyl halides is 3. The van der Waals surface area contributed by atoms with Crippen molar-refractivity contribution in [2.45, 2.75) is 13.1 Å². The molecule has 1 fully saturated rings. The number of pyridine rings is 1. The quantitative estimate of drug-likeness (QED) is 0.709. The molecule has 2 aliphatic heterocycles. The summed E-state index contributed by atoms with van der Waals surface area (Å²) in [5, 5.41) is 5.23. The van der Waals surface area contributed by atoms with Crippen LogP contribution in [0.3, 0.4) is 0 Å². The maximum Gasteiger partial charge on any atom is 0.417 e. The molecular formula is C18H22F3N5O3. The third kappa shape index (κ3) is 5.17. The van der Waals surface area contributed by atoms with Crippen molar-refractivity contribution < 1.29 is 27.5 Å². The zero-order valence-electron chi connectivity index (χ0n) is 15.9. The highest BCUT2D eigenvalue weighted by Crippen LogP contribution is 2.29. The number of halogens is 3. The highest BCUT2D eigenvalue weighted by molar-refractivity contribution is 5.93. The molecule has 0 radical (unpaired) electrons. The van der Waals surface area contributed by atoms with E-state index in [2.05, 4.69) is 20.5 Å². The number of anilines is 1. The van der Waals surface area contributed by atoms with Crippen LogP contribution in [0.5, 0.6) is 0 Å². The first-order valence-electron chi connectivity index (χ1n) is 9.22. The van der Waals surface area contributed by atoms with E-state index in [0.717, 1.165) is 12.3 Å². The lowest BCUT2D eigenvalue weighted by Crippen LogP contribution is -2.51. The van der Waals surface area contributed by atoms with Crippen LogP contribution in [0.25, 0.3) is 0 Å². The number of hydrogen-bond acceptors (Lipinski definition) is 6. The van der Waals surface area contributed by atoms with Crippen molar-refractivity contribution >= 4 is 17.8 Å². The fourth-order valence-electron chi connectivity index (χ4n) is 3.18. The van der Waals surface area contributed by atoms with E-state index < -0.39 is 17.7 Å². The van der Waals surface area contributed by atoms with Gasteiger partial charge in [-0.2, -0.15) is 13.2 Å². The standard InChI is InChI=1S/C18H22F3N5O3/c1-2-29-16(27)13-10-23-17(28)24-14(13)11-25-5-7-26(8-6-25)15-4-3-12(9-22-15)18(19,20)21/h3-4,9H,2,5-8,10-11H2,1H3,(H2,23,24,28). The Bertz CT molecular complexity index is 787. The number of carbonyl (C=O) groups excluding carboxylic acids is 2. The van der Waals surface area contributed by atoms with Gasteiger partial charge < -0.3 is 20.3 Å². The molecule has 2 amide bonds. The molecule has 8 nitrogen and oxygen atoms in total. The minimum Gasteiger partial charge on any atom is -0.463 e. The number of urea groups is 1. The second-order valence-electron chi connectivity index (χ2n) is 6.65. The molecule has 1 aromatic heterocycles. The van der Waals surface area contributed by atoms with Crippen LogP contribution in [-0.4, -0.2) is 67.8 Å². The zero-order valence-corrected chi connectivity index (χ0v) is 15.9.